The molecule has 0 aliphatic heterocycles. The maximum absolute atomic E-state index is 12.0. The number of benzene rings is 3. The van der Waals surface area contributed by atoms with Crippen molar-refractivity contribution in [2.24, 2.45) is 5.10 Å². The molecular weight excluding hydrogens is 308 g/mol. The van der Waals surface area contributed by atoms with Gasteiger partial charge in [0.15, 0.2) is 0 Å². The summed E-state index contributed by atoms with van der Waals surface area (Å²) in [5.74, 6) is -0.119. The molecule has 1 amide bonds. The monoisotopic (exact) mass is 328 g/mol. The lowest BCUT2D eigenvalue weighted by Crippen LogP contribution is -2.21. The number of rotatable bonds is 5. The van der Waals surface area contributed by atoms with Gasteiger partial charge in [-0.05, 0) is 29.2 Å². The zero-order valence-corrected chi connectivity index (χ0v) is 14.1. The molecule has 0 atom stereocenters. The average molecular weight is 328 g/mol. The summed E-state index contributed by atoms with van der Waals surface area (Å²) in [5.41, 5.74) is 7.70. The second kappa shape index (κ2) is 8.06. The Kier molecular flexibility index (Phi) is 5.37. The molecule has 1 N–H and O–H groups in total. The molecule has 0 aliphatic rings. The lowest BCUT2D eigenvalue weighted by molar-refractivity contribution is -0.120. The smallest absolute Gasteiger partial charge is 0.244 e. The standard InChI is InChI=1S/C22H20N2O/c1-17(23-24-22(25)16-18-8-4-2-5-9-18)19-12-14-21(15-13-19)20-10-6-3-7-11-20/h2-15H,16H2,1H3,(H,24,25)/b23-17-. The second-order valence-corrected chi connectivity index (χ2v) is 5.84. The molecule has 0 saturated heterocycles. The summed E-state index contributed by atoms with van der Waals surface area (Å²) in [5, 5.41) is 4.21. The predicted molar refractivity (Wildman–Crippen MR) is 102 cm³/mol. The molecule has 3 aromatic carbocycles. The Labute approximate surface area is 148 Å². The van der Waals surface area contributed by atoms with E-state index in [1.165, 1.54) is 5.56 Å². The maximum Gasteiger partial charge on any atom is 0.244 e. The van der Waals surface area contributed by atoms with Crippen molar-refractivity contribution in [1.29, 1.82) is 0 Å². The second-order valence-electron chi connectivity index (χ2n) is 5.84. The summed E-state index contributed by atoms with van der Waals surface area (Å²) in [6.45, 7) is 1.89. The molecule has 0 aliphatic carbocycles. The first kappa shape index (κ1) is 16.7. The zero-order valence-electron chi connectivity index (χ0n) is 14.1. The predicted octanol–water partition coefficient (Wildman–Crippen LogP) is 4.44. The van der Waals surface area contributed by atoms with Gasteiger partial charge in [0.25, 0.3) is 0 Å². The third-order valence-electron chi connectivity index (χ3n) is 3.97. The molecule has 0 unspecified atom stereocenters. The summed E-state index contributed by atoms with van der Waals surface area (Å²) < 4.78 is 0. The first-order valence-corrected chi connectivity index (χ1v) is 8.25. The Morgan fingerprint density at radius 2 is 1.36 bits per heavy atom. The molecule has 3 aromatic rings. The minimum Gasteiger partial charge on any atom is -0.273 e. The molecule has 0 spiro atoms. The molecule has 0 bridgehead atoms. The summed E-state index contributed by atoms with van der Waals surface area (Å²) >= 11 is 0. The van der Waals surface area contributed by atoms with Crippen LogP contribution in [-0.4, -0.2) is 11.6 Å². The number of hydrogen-bond donors (Lipinski definition) is 1. The van der Waals surface area contributed by atoms with Gasteiger partial charge in [-0.3, -0.25) is 4.79 Å². The number of carbonyl (C=O) groups is 1. The van der Waals surface area contributed by atoms with Gasteiger partial charge in [-0.1, -0.05) is 84.9 Å². The van der Waals surface area contributed by atoms with Gasteiger partial charge < -0.3 is 0 Å². The van der Waals surface area contributed by atoms with E-state index in [0.717, 1.165) is 22.4 Å². The van der Waals surface area contributed by atoms with Crippen molar-refractivity contribution in [3.05, 3.63) is 96.1 Å². The fraction of sp³-hybridized carbons (Fsp3) is 0.0909. The van der Waals surface area contributed by atoms with Gasteiger partial charge in [0.05, 0.1) is 12.1 Å². The molecule has 3 nitrogen and oxygen atoms in total. The van der Waals surface area contributed by atoms with Crippen LogP contribution in [0.4, 0.5) is 0 Å². The van der Waals surface area contributed by atoms with Crippen molar-refractivity contribution < 1.29 is 4.79 Å². The normalized spacial score (nSPS) is 11.2. The molecule has 3 heteroatoms. The van der Waals surface area contributed by atoms with E-state index in [4.69, 9.17) is 0 Å². The molecular formula is C22H20N2O. The van der Waals surface area contributed by atoms with E-state index in [0.29, 0.717) is 6.42 Å². The van der Waals surface area contributed by atoms with Crippen molar-refractivity contribution >= 4 is 11.6 Å². The lowest BCUT2D eigenvalue weighted by Gasteiger charge is -2.05. The molecule has 0 heterocycles. The number of hydrogen-bond acceptors (Lipinski definition) is 2. The zero-order chi connectivity index (χ0) is 17.5. The SMILES string of the molecule is C/C(=N/NC(=O)Cc1ccccc1)c1ccc(-c2ccccc2)cc1. The van der Waals surface area contributed by atoms with Gasteiger partial charge in [-0.2, -0.15) is 5.10 Å². The first-order chi connectivity index (χ1) is 12.2. The lowest BCUT2D eigenvalue weighted by atomic mass is 10.0. The van der Waals surface area contributed by atoms with Crippen molar-refractivity contribution in [3.8, 4) is 11.1 Å². The van der Waals surface area contributed by atoms with Crippen molar-refractivity contribution in [3.63, 3.8) is 0 Å². The number of nitrogens with zero attached hydrogens (tertiary/aromatic N) is 1. The Balaban J connectivity index is 1.63. The fourth-order valence-electron chi connectivity index (χ4n) is 2.57. The van der Waals surface area contributed by atoms with E-state index in [9.17, 15) is 4.79 Å². The quantitative estimate of drug-likeness (QED) is 0.546. The Hall–Kier alpha value is -3.20. The highest BCUT2D eigenvalue weighted by atomic mass is 16.2. The Bertz CT molecular complexity index is 854. The van der Waals surface area contributed by atoms with Crippen LogP contribution >= 0.6 is 0 Å². The number of hydrazone groups is 1. The van der Waals surface area contributed by atoms with Crippen molar-refractivity contribution in [2.45, 2.75) is 13.3 Å². The van der Waals surface area contributed by atoms with Crippen molar-refractivity contribution in [1.82, 2.24) is 5.43 Å². The van der Waals surface area contributed by atoms with Crippen LogP contribution in [-0.2, 0) is 11.2 Å². The minimum atomic E-state index is -0.119. The summed E-state index contributed by atoms with van der Waals surface area (Å²) in [6.07, 6.45) is 0.324. The van der Waals surface area contributed by atoms with E-state index in [-0.39, 0.29) is 5.91 Å². The van der Waals surface area contributed by atoms with Crippen LogP contribution in [0.5, 0.6) is 0 Å². The molecule has 0 saturated carbocycles. The van der Waals surface area contributed by atoms with Gasteiger partial charge in [0.1, 0.15) is 0 Å². The average Bonchev–Trinajstić information content (AvgIpc) is 2.68. The van der Waals surface area contributed by atoms with Gasteiger partial charge in [-0.25, -0.2) is 5.43 Å². The van der Waals surface area contributed by atoms with Gasteiger partial charge in [-0.15, -0.1) is 0 Å². The van der Waals surface area contributed by atoms with E-state index >= 15 is 0 Å². The highest BCUT2D eigenvalue weighted by Gasteiger charge is 2.03. The van der Waals surface area contributed by atoms with Crippen LogP contribution in [0.2, 0.25) is 0 Å². The molecule has 3 rings (SSSR count). The van der Waals surface area contributed by atoms with E-state index in [1.807, 2.05) is 67.6 Å². The minimum absolute atomic E-state index is 0.119. The summed E-state index contributed by atoms with van der Waals surface area (Å²) in [6, 6.07) is 28.0. The van der Waals surface area contributed by atoms with Crippen LogP contribution < -0.4 is 5.43 Å². The molecule has 25 heavy (non-hydrogen) atoms. The molecule has 0 radical (unpaired) electrons. The van der Waals surface area contributed by atoms with Gasteiger partial charge >= 0.3 is 0 Å². The van der Waals surface area contributed by atoms with Crippen LogP contribution in [0.15, 0.2) is 90.0 Å². The highest BCUT2D eigenvalue weighted by Crippen LogP contribution is 2.19. The molecule has 0 fully saturated rings. The summed E-state index contributed by atoms with van der Waals surface area (Å²) in [4.78, 5) is 12.0. The Morgan fingerprint density at radius 1 is 0.800 bits per heavy atom. The van der Waals surface area contributed by atoms with Gasteiger partial charge in [0.2, 0.25) is 5.91 Å². The van der Waals surface area contributed by atoms with Crippen LogP contribution in [0, 0.1) is 0 Å². The van der Waals surface area contributed by atoms with Crippen LogP contribution in [0.3, 0.4) is 0 Å². The third-order valence-corrected chi connectivity index (χ3v) is 3.97. The maximum atomic E-state index is 12.0. The van der Waals surface area contributed by atoms with Crippen LogP contribution in [0.25, 0.3) is 11.1 Å². The van der Waals surface area contributed by atoms with Crippen LogP contribution in [0.1, 0.15) is 18.1 Å². The first-order valence-electron chi connectivity index (χ1n) is 8.25. The highest BCUT2D eigenvalue weighted by molar-refractivity contribution is 5.99. The van der Waals surface area contributed by atoms with Gasteiger partial charge in [0, 0.05) is 0 Å². The largest absolute Gasteiger partial charge is 0.273 e. The molecule has 0 aromatic heterocycles. The number of nitrogens with one attached hydrogen (secondary N) is 1. The molecule has 124 valence electrons. The number of amides is 1. The van der Waals surface area contributed by atoms with E-state index < -0.39 is 0 Å². The van der Waals surface area contributed by atoms with Crippen molar-refractivity contribution in [2.75, 3.05) is 0 Å². The number of carbonyl (C=O) groups excluding carboxylic acids is 1. The fourth-order valence-corrected chi connectivity index (χ4v) is 2.57. The summed E-state index contributed by atoms with van der Waals surface area (Å²) in [7, 11) is 0. The van der Waals surface area contributed by atoms with E-state index in [2.05, 4.69) is 34.8 Å². The third kappa shape index (κ3) is 4.64. The topological polar surface area (TPSA) is 41.5 Å². The Morgan fingerprint density at radius 3 is 2.00 bits per heavy atom. The van der Waals surface area contributed by atoms with E-state index in [1.54, 1.807) is 0 Å².